The van der Waals surface area contributed by atoms with Crippen LogP contribution in [-0.2, 0) is 30.5 Å². The molecule has 0 saturated carbocycles. The number of nitrogens with zero attached hydrogens (tertiary/aromatic N) is 2. The van der Waals surface area contributed by atoms with Crippen LogP contribution in [0, 0.1) is 0 Å². The van der Waals surface area contributed by atoms with Crippen molar-refractivity contribution in [2.75, 3.05) is 39.4 Å². The van der Waals surface area contributed by atoms with Crippen molar-refractivity contribution in [3.63, 3.8) is 0 Å². The fourth-order valence-electron chi connectivity index (χ4n) is 2.80. The lowest BCUT2D eigenvalue weighted by Gasteiger charge is -2.34. The summed E-state index contributed by atoms with van der Waals surface area (Å²) in [5.74, 6) is -0.391. The Balaban J connectivity index is 1.73. The zero-order valence-corrected chi connectivity index (χ0v) is 16.0. The third kappa shape index (κ3) is 4.20. The van der Waals surface area contributed by atoms with Crippen LogP contribution >= 0.6 is 11.6 Å². The van der Waals surface area contributed by atoms with E-state index in [2.05, 4.69) is 0 Å². The lowest BCUT2D eigenvalue weighted by atomic mass is 10.2. The SMILES string of the molecule is O=C(C1=COCCO1)N1CCN(S(=O)(=O)c2ccc(Cl)c(C(F)(F)F)c2)CC1. The molecule has 2 heterocycles. The Morgan fingerprint density at radius 2 is 1.79 bits per heavy atom. The molecule has 0 radical (unpaired) electrons. The van der Waals surface area contributed by atoms with Gasteiger partial charge in [0.05, 0.1) is 15.5 Å². The van der Waals surface area contributed by atoms with Crippen LogP contribution in [0.5, 0.6) is 0 Å². The van der Waals surface area contributed by atoms with Crippen LogP contribution in [0.25, 0.3) is 0 Å². The number of ether oxygens (including phenoxy) is 2. The zero-order valence-electron chi connectivity index (χ0n) is 14.4. The first kappa shape index (κ1) is 20.7. The largest absolute Gasteiger partial charge is 0.494 e. The number of sulfonamides is 1. The van der Waals surface area contributed by atoms with Crippen LogP contribution in [0.1, 0.15) is 5.56 Å². The summed E-state index contributed by atoms with van der Waals surface area (Å²) in [6.07, 6.45) is -3.56. The Kier molecular flexibility index (Phi) is 5.78. The summed E-state index contributed by atoms with van der Waals surface area (Å²) in [4.78, 5) is 13.2. The normalized spacial score (nSPS) is 18.9. The highest BCUT2D eigenvalue weighted by molar-refractivity contribution is 7.89. The van der Waals surface area contributed by atoms with E-state index >= 15 is 0 Å². The van der Waals surface area contributed by atoms with Gasteiger partial charge in [0.15, 0.2) is 0 Å². The number of hydrogen-bond acceptors (Lipinski definition) is 5. The fourth-order valence-corrected chi connectivity index (χ4v) is 4.47. The molecule has 0 bridgehead atoms. The van der Waals surface area contributed by atoms with Gasteiger partial charge in [0.2, 0.25) is 15.8 Å². The van der Waals surface area contributed by atoms with Gasteiger partial charge in [0, 0.05) is 26.2 Å². The molecule has 0 aromatic heterocycles. The summed E-state index contributed by atoms with van der Waals surface area (Å²) in [6.45, 7) is 0.586. The van der Waals surface area contributed by atoms with Crippen molar-refractivity contribution in [1.29, 1.82) is 0 Å². The molecule has 0 atom stereocenters. The van der Waals surface area contributed by atoms with Crippen LogP contribution < -0.4 is 0 Å². The van der Waals surface area contributed by atoms with Crippen molar-refractivity contribution in [3.8, 4) is 0 Å². The standard InChI is InChI=1S/C16H16ClF3N2O5S/c17-13-2-1-11(9-12(13)16(18,19)20)28(24,25)22-5-3-21(4-6-22)15(23)14-10-26-7-8-27-14/h1-2,9-10H,3-8H2. The molecule has 1 saturated heterocycles. The molecule has 2 aliphatic rings. The van der Waals surface area contributed by atoms with Gasteiger partial charge in [-0.25, -0.2) is 8.42 Å². The van der Waals surface area contributed by atoms with Gasteiger partial charge in [-0.05, 0) is 18.2 Å². The highest BCUT2D eigenvalue weighted by Crippen LogP contribution is 2.36. The molecule has 1 aromatic rings. The number of hydrogen-bond donors (Lipinski definition) is 0. The molecule has 154 valence electrons. The number of halogens is 4. The minimum Gasteiger partial charge on any atom is -0.494 e. The Labute approximate surface area is 164 Å². The summed E-state index contributed by atoms with van der Waals surface area (Å²) in [5.41, 5.74) is -1.22. The van der Waals surface area contributed by atoms with Crippen LogP contribution in [0.3, 0.4) is 0 Å². The van der Waals surface area contributed by atoms with E-state index < -0.39 is 37.6 Å². The van der Waals surface area contributed by atoms with Crippen molar-refractivity contribution in [1.82, 2.24) is 9.21 Å². The van der Waals surface area contributed by atoms with Crippen molar-refractivity contribution >= 4 is 27.5 Å². The van der Waals surface area contributed by atoms with E-state index in [1.54, 1.807) is 0 Å². The number of amides is 1. The van der Waals surface area contributed by atoms with Gasteiger partial charge < -0.3 is 14.4 Å². The molecule has 7 nitrogen and oxygen atoms in total. The minimum absolute atomic E-state index is 0.0371. The van der Waals surface area contributed by atoms with Gasteiger partial charge in [-0.2, -0.15) is 17.5 Å². The fraction of sp³-hybridized carbons (Fsp3) is 0.438. The Bertz CT molecular complexity index is 896. The monoisotopic (exact) mass is 440 g/mol. The zero-order chi connectivity index (χ0) is 20.5. The quantitative estimate of drug-likeness (QED) is 0.719. The Morgan fingerprint density at radius 1 is 1.11 bits per heavy atom. The van der Waals surface area contributed by atoms with E-state index in [-0.39, 0.29) is 38.5 Å². The maximum atomic E-state index is 13.0. The molecule has 0 N–H and O–H groups in total. The first-order chi connectivity index (χ1) is 13.1. The molecular formula is C16H16ClF3N2O5S. The molecular weight excluding hydrogens is 425 g/mol. The molecule has 28 heavy (non-hydrogen) atoms. The van der Waals surface area contributed by atoms with Gasteiger partial charge >= 0.3 is 6.18 Å². The minimum atomic E-state index is -4.77. The van der Waals surface area contributed by atoms with Crippen LogP contribution in [0.15, 0.2) is 35.1 Å². The summed E-state index contributed by atoms with van der Waals surface area (Å²) < 4.78 is 75.7. The average molecular weight is 441 g/mol. The Morgan fingerprint density at radius 3 is 2.36 bits per heavy atom. The topological polar surface area (TPSA) is 76.2 Å². The molecule has 1 fully saturated rings. The first-order valence-electron chi connectivity index (χ1n) is 8.21. The van der Waals surface area contributed by atoms with E-state index in [1.807, 2.05) is 0 Å². The average Bonchev–Trinajstić information content (AvgIpc) is 2.67. The second kappa shape index (κ2) is 7.80. The van der Waals surface area contributed by atoms with Crippen LogP contribution in [-0.4, -0.2) is 62.9 Å². The summed E-state index contributed by atoms with van der Waals surface area (Å²) in [7, 11) is -4.17. The van der Waals surface area contributed by atoms with E-state index in [1.165, 1.54) is 11.2 Å². The molecule has 2 aliphatic heterocycles. The first-order valence-corrected chi connectivity index (χ1v) is 10.0. The van der Waals surface area contributed by atoms with Crippen molar-refractivity contribution < 1.29 is 35.9 Å². The summed E-state index contributed by atoms with van der Waals surface area (Å²) in [6, 6.07) is 2.46. The van der Waals surface area contributed by atoms with E-state index in [0.717, 1.165) is 16.4 Å². The van der Waals surface area contributed by atoms with E-state index in [4.69, 9.17) is 21.1 Å². The van der Waals surface area contributed by atoms with Gasteiger partial charge in [0.25, 0.3) is 5.91 Å². The van der Waals surface area contributed by atoms with E-state index in [9.17, 15) is 26.4 Å². The second-order valence-electron chi connectivity index (χ2n) is 6.04. The van der Waals surface area contributed by atoms with Gasteiger partial charge in [-0.1, -0.05) is 11.6 Å². The smallest absolute Gasteiger partial charge is 0.417 e. The number of rotatable bonds is 3. The third-order valence-electron chi connectivity index (χ3n) is 4.27. The van der Waals surface area contributed by atoms with Gasteiger partial charge in [0.1, 0.15) is 19.5 Å². The number of piperazine rings is 1. The number of carbonyl (C=O) groups is 1. The molecule has 1 amide bonds. The van der Waals surface area contributed by atoms with Crippen molar-refractivity contribution in [3.05, 3.63) is 40.8 Å². The van der Waals surface area contributed by atoms with Crippen molar-refractivity contribution in [2.45, 2.75) is 11.1 Å². The maximum absolute atomic E-state index is 13.0. The number of benzene rings is 1. The second-order valence-corrected chi connectivity index (χ2v) is 8.38. The van der Waals surface area contributed by atoms with Gasteiger partial charge in [-0.3, -0.25) is 4.79 Å². The molecule has 0 spiro atoms. The highest BCUT2D eigenvalue weighted by atomic mass is 35.5. The predicted octanol–water partition coefficient (Wildman–Crippen LogP) is 2.08. The maximum Gasteiger partial charge on any atom is 0.417 e. The van der Waals surface area contributed by atoms with Crippen molar-refractivity contribution in [2.24, 2.45) is 0 Å². The molecule has 0 unspecified atom stereocenters. The highest BCUT2D eigenvalue weighted by Gasteiger charge is 2.37. The lowest BCUT2D eigenvalue weighted by Crippen LogP contribution is -2.51. The molecule has 0 aliphatic carbocycles. The summed E-state index contributed by atoms with van der Waals surface area (Å²) >= 11 is 5.54. The number of carbonyl (C=O) groups excluding carboxylic acids is 1. The molecule has 3 rings (SSSR count). The lowest BCUT2D eigenvalue weighted by molar-refractivity contribution is -0.137. The summed E-state index contributed by atoms with van der Waals surface area (Å²) in [5, 5.41) is -0.579. The Hall–Kier alpha value is -1.98. The molecule has 12 heteroatoms. The van der Waals surface area contributed by atoms with Crippen LogP contribution in [0.2, 0.25) is 5.02 Å². The van der Waals surface area contributed by atoms with Gasteiger partial charge in [-0.15, -0.1) is 0 Å². The van der Waals surface area contributed by atoms with E-state index in [0.29, 0.717) is 12.7 Å². The van der Waals surface area contributed by atoms with Crippen LogP contribution in [0.4, 0.5) is 13.2 Å². The number of alkyl halides is 3. The predicted molar refractivity (Wildman–Crippen MR) is 91.8 cm³/mol. The molecule has 1 aromatic carbocycles. The third-order valence-corrected chi connectivity index (χ3v) is 6.49.